The van der Waals surface area contributed by atoms with Crippen LogP contribution >= 0.6 is 0 Å². The number of benzene rings is 4. The number of dihydropyridines is 2. The number of allylic oxidation sites excluding steroid dienone is 12. The van der Waals surface area contributed by atoms with Crippen molar-refractivity contribution in [1.29, 1.82) is 0 Å². The van der Waals surface area contributed by atoms with Crippen molar-refractivity contribution in [1.82, 2.24) is 10.6 Å². The van der Waals surface area contributed by atoms with E-state index >= 15 is 14.4 Å². The van der Waals surface area contributed by atoms with E-state index in [9.17, 15) is 10.2 Å². The Morgan fingerprint density at radius 3 is 1.28 bits per heavy atom. The fraction of sp³-hybridized carbons (Fsp3) is 0.295. The molecule has 0 radical (unpaired) electrons. The molecule has 4 N–H and O–H groups in total. The largest absolute Gasteiger partial charge is 0.393 e. The van der Waals surface area contributed by atoms with Gasteiger partial charge in [0.25, 0.3) is 0 Å². The summed E-state index contributed by atoms with van der Waals surface area (Å²) in [6.07, 6.45) is 23.0. The van der Waals surface area contributed by atoms with Crippen molar-refractivity contribution in [2.75, 3.05) is 0 Å². The van der Waals surface area contributed by atoms with Gasteiger partial charge in [-0.2, -0.15) is 0 Å². The van der Waals surface area contributed by atoms with Crippen molar-refractivity contribution >= 4 is 28.5 Å². The van der Waals surface area contributed by atoms with E-state index in [-0.39, 0.29) is 17.3 Å². The molecule has 6 aliphatic rings. The fourth-order valence-corrected chi connectivity index (χ4v) is 12.7. The average molecular weight is 901 g/mol. The molecule has 0 saturated heterocycles. The lowest BCUT2D eigenvalue weighted by Crippen LogP contribution is -2.59. The second-order valence-electron chi connectivity index (χ2n) is 19.6. The molecule has 8 atom stereocenters. The van der Waals surface area contributed by atoms with Gasteiger partial charge in [-0.1, -0.05) is 158 Å². The Morgan fingerprint density at radius 1 is 0.529 bits per heavy atom. The van der Waals surface area contributed by atoms with Gasteiger partial charge in [-0.25, -0.2) is 0 Å². The second-order valence-corrected chi connectivity index (χ2v) is 19.6. The van der Waals surface area contributed by atoms with Crippen LogP contribution in [0.2, 0.25) is 0 Å². The maximum Gasteiger partial charge on any atom is 0.193 e. The summed E-state index contributed by atoms with van der Waals surface area (Å²) in [5.74, 6) is -3.10. The van der Waals surface area contributed by atoms with Crippen LogP contribution in [0.15, 0.2) is 193 Å². The highest BCUT2D eigenvalue weighted by Crippen LogP contribution is 2.64. The fourth-order valence-electron chi connectivity index (χ4n) is 12.7. The molecule has 4 aromatic rings. The molecule has 7 heteroatoms. The molecule has 10 rings (SSSR count). The van der Waals surface area contributed by atoms with Crippen LogP contribution in [-0.2, 0) is 4.79 Å². The van der Waals surface area contributed by atoms with Crippen LogP contribution in [0.5, 0.6) is 0 Å². The lowest BCUT2D eigenvalue weighted by atomic mass is 9.46. The zero-order valence-corrected chi connectivity index (χ0v) is 38.9. The number of nitrogens with one attached hydrogen (secondary N) is 2. The molecule has 2 aliphatic heterocycles. The molecule has 0 aromatic heterocycles. The number of carbonyl (C=O) groups is 3. The Labute approximate surface area is 400 Å². The second kappa shape index (κ2) is 18.8. The number of hydrogen-bond acceptors (Lipinski definition) is 7. The monoisotopic (exact) mass is 900 g/mol. The van der Waals surface area contributed by atoms with Gasteiger partial charge in [-0.3, -0.25) is 14.4 Å². The van der Waals surface area contributed by atoms with E-state index in [1.807, 2.05) is 160 Å². The first kappa shape index (κ1) is 45.1. The summed E-state index contributed by atoms with van der Waals surface area (Å²) in [6, 6.07) is 34.6. The Hall–Kier alpha value is -6.67. The van der Waals surface area contributed by atoms with Gasteiger partial charge in [-0.05, 0) is 109 Å². The molecule has 7 nitrogen and oxygen atoms in total. The molecule has 2 fully saturated rings. The minimum Gasteiger partial charge on any atom is -0.393 e. The quantitative estimate of drug-likeness (QED) is 0.105. The zero-order chi connectivity index (χ0) is 47.0. The Morgan fingerprint density at radius 2 is 0.926 bits per heavy atom. The third kappa shape index (κ3) is 7.76. The highest BCUT2D eigenvalue weighted by atomic mass is 16.3. The maximum absolute atomic E-state index is 18.1. The number of carbonyl (C=O) groups excluding carboxylic acids is 3. The molecular weight excluding hydrogens is 841 g/mol. The molecule has 4 aliphatic carbocycles. The van der Waals surface area contributed by atoms with Gasteiger partial charge in [0.15, 0.2) is 17.3 Å². The Kier molecular flexibility index (Phi) is 12.5. The van der Waals surface area contributed by atoms with Crippen LogP contribution in [0.1, 0.15) is 94.3 Å². The first-order valence-electron chi connectivity index (χ1n) is 24.5. The molecule has 0 bridgehead atoms. The normalized spacial score (nSPS) is 28.8. The molecule has 2 heterocycles. The van der Waals surface area contributed by atoms with Crippen LogP contribution in [0.25, 0.3) is 11.1 Å². The number of ketones is 3. The summed E-state index contributed by atoms with van der Waals surface area (Å²) in [4.78, 5) is 49.2. The Balaban J connectivity index is 1.33. The van der Waals surface area contributed by atoms with Crippen molar-refractivity contribution < 1.29 is 24.6 Å². The maximum atomic E-state index is 18.1. The van der Waals surface area contributed by atoms with Gasteiger partial charge in [0.05, 0.1) is 23.0 Å². The molecule has 8 unspecified atom stereocenters. The van der Waals surface area contributed by atoms with Crippen LogP contribution < -0.4 is 10.6 Å². The third-order valence-corrected chi connectivity index (χ3v) is 15.9. The third-order valence-electron chi connectivity index (χ3n) is 15.9. The standard InChI is InChI=1S/C61H60N2O5/c1-39-17-9-11-25-45(39)47-33-53(43-23-15-31-62-37-43)60(51-27-13-29-55(51)64,35-49(47)57(66)41-19-5-3-6-20-41)59(68)61(52-28-14-30-56(52)65)36-50(58(67)42-21-7-4-8-22-42)48(46-26-12-10-18-40(46)2)34-54(61)44-24-16-32-63-38-44/h3-12,15-22,25-26,31-38,51-56,62-65H,13-14,23-24,27-30H2,1-2H3. The Bertz CT molecular complexity index is 2700. The molecule has 0 amide bonds. The highest BCUT2D eigenvalue weighted by molar-refractivity contribution is 6.22. The number of hydrogen-bond donors (Lipinski definition) is 4. The van der Waals surface area contributed by atoms with Crippen LogP contribution in [0.4, 0.5) is 0 Å². The first-order valence-corrected chi connectivity index (χ1v) is 24.5. The topological polar surface area (TPSA) is 116 Å². The molecular formula is C61H60N2O5. The van der Waals surface area contributed by atoms with Crippen LogP contribution in [-0.4, -0.2) is 39.8 Å². The summed E-state index contributed by atoms with van der Waals surface area (Å²) in [5.41, 5.74) is 5.88. The predicted octanol–water partition coefficient (Wildman–Crippen LogP) is 11.3. The van der Waals surface area contributed by atoms with Gasteiger partial charge >= 0.3 is 0 Å². The number of aryl methyl sites for hydroxylation is 2. The minimum atomic E-state index is -1.54. The van der Waals surface area contributed by atoms with Gasteiger partial charge in [0.1, 0.15) is 0 Å². The lowest BCUT2D eigenvalue weighted by molar-refractivity contribution is -0.148. The molecule has 4 aromatic carbocycles. The smallest absolute Gasteiger partial charge is 0.193 e. The molecule has 0 spiro atoms. The van der Waals surface area contributed by atoms with Crippen molar-refractivity contribution in [2.24, 2.45) is 34.5 Å². The summed E-state index contributed by atoms with van der Waals surface area (Å²) in [6.45, 7) is 4.09. The van der Waals surface area contributed by atoms with E-state index in [1.54, 1.807) is 0 Å². The van der Waals surface area contributed by atoms with Gasteiger partial charge < -0.3 is 20.8 Å². The van der Waals surface area contributed by atoms with E-state index in [1.165, 1.54) is 0 Å². The number of rotatable bonds is 12. The van der Waals surface area contributed by atoms with Crippen molar-refractivity contribution in [3.05, 3.63) is 226 Å². The minimum absolute atomic E-state index is 0.181. The number of aliphatic hydroxyl groups excluding tert-OH is 2. The lowest BCUT2D eigenvalue weighted by Gasteiger charge is -2.55. The van der Waals surface area contributed by atoms with Crippen LogP contribution in [0, 0.1) is 48.3 Å². The van der Waals surface area contributed by atoms with Gasteiger partial charge in [-0.15, -0.1) is 0 Å². The zero-order valence-electron chi connectivity index (χ0n) is 38.9. The summed E-state index contributed by atoms with van der Waals surface area (Å²) < 4.78 is 0. The number of Topliss-reactive ketones (excluding diaryl/α,β-unsaturated/α-hetero) is 3. The highest BCUT2D eigenvalue weighted by Gasteiger charge is 2.65. The van der Waals surface area contributed by atoms with Crippen LogP contribution in [0.3, 0.4) is 0 Å². The predicted molar refractivity (Wildman–Crippen MR) is 270 cm³/mol. The van der Waals surface area contributed by atoms with Crippen molar-refractivity contribution in [3.8, 4) is 0 Å². The van der Waals surface area contributed by atoms with Crippen molar-refractivity contribution in [2.45, 2.75) is 77.4 Å². The molecule has 68 heavy (non-hydrogen) atoms. The van der Waals surface area contributed by atoms with Crippen molar-refractivity contribution in [3.63, 3.8) is 0 Å². The van der Waals surface area contributed by atoms with Gasteiger partial charge in [0.2, 0.25) is 0 Å². The molecule has 344 valence electrons. The average Bonchev–Trinajstić information content (AvgIpc) is 4.04. The first-order chi connectivity index (χ1) is 33.1. The SMILES string of the molecule is Cc1ccccc1C1=CC(C2=CNC=CC2)C(C(=O)C2(C3CCCC3O)C=C(C(=O)c3ccccc3)C(c3ccccc3C)=CC2C2=CNC=CC2)(C2CCCC2O)C=C1C(=O)c1ccccc1. The van der Waals surface area contributed by atoms with Gasteiger partial charge in [0, 0.05) is 58.3 Å². The number of aliphatic hydroxyl groups is 2. The van der Waals surface area contributed by atoms with E-state index < -0.39 is 46.7 Å². The summed E-state index contributed by atoms with van der Waals surface area (Å²) >= 11 is 0. The molecule has 2 saturated carbocycles. The van der Waals surface area contributed by atoms with E-state index in [0.717, 1.165) is 44.5 Å². The van der Waals surface area contributed by atoms with E-state index in [4.69, 9.17) is 0 Å². The van der Waals surface area contributed by atoms with E-state index in [0.29, 0.717) is 73.6 Å². The summed E-state index contributed by atoms with van der Waals surface area (Å²) in [5, 5.41) is 31.8. The van der Waals surface area contributed by atoms with E-state index in [2.05, 4.69) is 34.9 Å². The summed E-state index contributed by atoms with van der Waals surface area (Å²) in [7, 11) is 0.